The molecular weight excluding hydrogens is 455 g/mol. The maximum absolute atomic E-state index is 10.7. The van der Waals surface area contributed by atoms with Crippen molar-refractivity contribution < 1.29 is 14.6 Å². The fraction of sp³-hybridized carbons (Fsp3) is 0.357. The van der Waals surface area contributed by atoms with Crippen LogP contribution in [0.1, 0.15) is 29.2 Å². The number of ether oxygens (including phenoxy) is 2. The smallest absolute Gasteiger partial charge is 0.119 e. The van der Waals surface area contributed by atoms with E-state index in [1.165, 1.54) is 0 Å². The average molecular weight is 485 g/mol. The predicted octanol–water partition coefficient (Wildman–Crippen LogP) is 6.41. The third-order valence-corrected chi connectivity index (χ3v) is 7.50. The van der Waals surface area contributed by atoms with Crippen LogP contribution in [-0.4, -0.2) is 29.1 Å². The summed E-state index contributed by atoms with van der Waals surface area (Å²) >= 11 is 13.1. The van der Waals surface area contributed by atoms with Crippen molar-refractivity contribution in [1.82, 2.24) is 0 Å². The van der Waals surface area contributed by atoms with Gasteiger partial charge in [-0.2, -0.15) is 0 Å². The molecule has 1 aliphatic rings. The van der Waals surface area contributed by atoms with Gasteiger partial charge in [-0.15, -0.1) is 23.2 Å². The lowest BCUT2D eigenvalue weighted by Gasteiger charge is -2.22. The molecule has 4 rings (SSSR count). The Morgan fingerprint density at radius 1 is 0.848 bits per heavy atom. The monoisotopic (exact) mass is 484 g/mol. The van der Waals surface area contributed by atoms with E-state index >= 15 is 0 Å². The Bertz CT molecular complexity index is 983. The van der Waals surface area contributed by atoms with Gasteiger partial charge in [0.15, 0.2) is 0 Å². The van der Waals surface area contributed by atoms with Crippen LogP contribution >= 0.6 is 23.2 Å². The fourth-order valence-electron chi connectivity index (χ4n) is 4.40. The number of hydrogen-bond donors (Lipinski definition) is 1. The zero-order chi connectivity index (χ0) is 23.0. The van der Waals surface area contributed by atoms with Crippen LogP contribution in [0, 0.1) is 11.8 Å². The summed E-state index contributed by atoms with van der Waals surface area (Å²) < 4.78 is 12.1. The topological polar surface area (TPSA) is 38.7 Å². The molecule has 5 atom stereocenters. The number of hydrogen-bond acceptors (Lipinski definition) is 3. The first kappa shape index (κ1) is 24.1. The first-order chi connectivity index (χ1) is 16.1. The van der Waals surface area contributed by atoms with E-state index in [9.17, 15) is 5.11 Å². The molecule has 3 aromatic carbocycles. The van der Waals surface area contributed by atoms with E-state index in [0.29, 0.717) is 26.2 Å². The summed E-state index contributed by atoms with van der Waals surface area (Å²) in [7, 11) is 0. The highest BCUT2D eigenvalue weighted by Gasteiger charge is 2.42. The number of rotatable bonds is 10. The van der Waals surface area contributed by atoms with Gasteiger partial charge >= 0.3 is 0 Å². The fourth-order valence-corrected chi connectivity index (χ4v) is 5.20. The summed E-state index contributed by atoms with van der Waals surface area (Å²) in [6.07, 6.45) is 0.786. The lowest BCUT2D eigenvalue weighted by Crippen LogP contribution is -2.27. The molecule has 0 aliphatic heterocycles. The lowest BCUT2D eigenvalue weighted by atomic mass is 9.97. The zero-order valence-corrected chi connectivity index (χ0v) is 20.0. The molecule has 5 heteroatoms. The quantitative estimate of drug-likeness (QED) is 0.338. The van der Waals surface area contributed by atoms with E-state index in [1.54, 1.807) is 0 Å². The standard InChI is InChI=1S/C28H30Cl2O3/c29-26-16-23(18-32-17-21-10-5-2-6-11-21)25(28(26)30)19-33-24-13-7-12-22(15-24)27(31)14-20-8-3-1-4-9-20/h1-13,15,23,25-28,31H,14,16-19H2/t23-,25-,26?,27?,28?/m1/s1. The summed E-state index contributed by atoms with van der Waals surface area (Å²) in [6, 6.07) is 27.8. The van der Waals surface area contributed by atoms with Crippen LogP contribution in [0.15, 0.2) is 84.9 Å². The summed E-state index contributed by atoms with van der Waals surface area (Å²) in [4.78, 5) is 0. The van der Waals surface area contributed by atoms with Gasteiger partial charge in [0.05, 0.1) is 36.7 Å². The van der Waals surface area contributed by atoms with Crippen molar-refractivity contribution in [2.45, 2.75) is 36.3 Å². The SMILES string of the molecule is OC(Cc1ccccc1)c1cccc(OC[C@H]2C(Cl)C(Cl)C[C@@H]2COCc2ccccc2)c1. The second-order valence-corrected chi connectivity index (χ2v) is 9.77. The molecule has 3 unspecified atom stereocenters. The summed E-state index contributed by atoms with van der Waals surface area (Å²) in [5, 5.41) is 10.4. The molecule has 0 heterocycles. The maximum Gasteiger partial charge on any atom is 0.119 e. The van der Waals surface area contributed by atoms with Crippen molar-refractivity contribution in [1.29, 1.82) is 0 Å². The van der Waals surface area contributed by atoms with Crippen LogP contribution in [0.3, 0.4) is 0 Å². The van der Waals surface area contributed by atoms with E-state index in [0.717, 1.165) is 28.9 Å². The van der Waals surface area contributed by atoms with Crippen LogP contribution in [0.5, 0.6) is 5.75 Å². The minimum atomic E-state index is -0.588. The second-order valence-electron chi connectivity index (χ2n) is 8.71. The average Bonchev–Trinajstić information content (AvgIpc) is 3.11. The molecule has 0 spiro atoms. The molecule has 1 aliphatic carbocycles. The first-order valence-electron chi connectivity index (χ1n) is 11.4. The van der Waals surface area contributed by atoms with Crippen LogP contribution in [0.4, 0.5) is 0 Å². The molecule has 0 bridgehead atoms. The first-order valence-corrected chi connectivity index (χ1v) is 12.3. The number of benzene rings is 3. The molecule has 33 heavy (non-hydrogen) atoms. The Hall–Kier alpha value is -2.04. The molecule has 3 aromatic rings. The second kappa shape index (κ2) is 11.9. The molecule has 0 amide bonds. The highest BCUT2D eigenvalue weighted by molar-refractivity contribution is 6.30. The number of aliphatic hydroxyl groups is 1. The van der Waals surface area contributed by atoms with Crippen molar-refractivity contribution >= 4 is 23.2 Å². The van der Waals surface area contributed by atoms with Crippen LogP contribution in [0.25, 0.3) is 0 Å². The molecule has 0 saturated heterocycles. The van der Waals surface area contributed by atoms with Crippen LogP contribution in [0.2, 0.25) is 0 Å². The van der Waals surface area contributed by atoms with E-state index < -0.39 is 6.10 Å². The van der Waals surface area contributed by atoms with Gasteiger partial charge in [-0.1, -0.05) is 72.8 Å². The highest BCUT2D eigenvalue weighted by atomic mass is 35.5. The van der Waals surface area contributed by atoms with E-state index in [2.05, 4.69) is 12.1 Å². The van der Waals surface area contributed by atoms with Crippen molar-refractivity contribution in [3.8, 4) is 5.75 Å². The minimum Gasteiger partial charge on any atom is -0.493 e. The Labute approximate surface area is 206 Å². The summed E-state index contributed by atoms with van der Waals surface area (Å²) in [6.45, 7) is 1.65. The zero-order valence-electron chi connectivity index (χ0n) is 18.5. The Morgan fingerprint density at radius 3 is 2.27 bits per heavy atom. The van der Waals surface area contributed by atoms with Crippen molar-refractivity contribution in [3.05, 3.63) is 102 Å². The highest BCUT2D eigenvalue weighted by Crippen LogP contribution is 2.40. The lowest BCUT2D eigenvalue weighted by molar-refractivity contribution is 0.0643. The van der Waals surface area contributed by atoms with Crippen molar-refractivity contribution in [2.75, 3.05) is 13.2 Å². The number of aliphatic hydroxyl groups excluding tert-OH is 1. The van der Waals surface area contributed by atoms with Gasteiger partial charge in [-0.05, 0) is 41.2 Å². The van der Waals surface area contributed by atoms with E-state index in [-0.39, 0.29) is 22.6 Å². The van der Waals surface area contributed by atoms with E-state index in [1.807, 2.05) is 72.8 Å². The molecule has 174 valence electrons. The Morgan fingerprint density at radius 2 is 1.55 bits per heavy atom. The van der Waals surface area contributed by atoms with Crippen LogP contribution in [-0.2, 0) is 17.8 Å². The normalized spacial score (nSPS) is 23.4. The molecule has 0 aromatic heterocycles. The molecule has 1 fully saturated rings. The van der Waals surface area contributed by atoms with Gasteiger partial charge in [-0.25, -0.2) is 0 Å². The molecule has 1 saturated carbocycles. The third kappa shape index (κ3) is 6.74. The Balaban J connectivity index is 1.33. The van der Waals surface area contributed by atoms with Gasteiger partial charge in [0.25, 0.3) is 0 Å². The molecule has 0 radical (unpaired) electrons. The van der Waals surface area contributed by atoms with Gasteiger partial charge in [0.2, 0.25) is 0 Å². The Kier molecular flexibility index (Phi) is 8.69. The van der Waals surface area contributed by atoms with Crippen molar-refractivity contribution in [3.63, 3.8) is 0 Å². The molecule has 1 N–H and O–H groups in total. The molecular formula is C28H30Cl2O3. The van der Waals surface area contributed by atoms with E-state index in [4.69, 9.17) is 32.7 Å². The summed E-state index contributed by atoms with van der Waals surface area (Å²) in [5.41, 5.74) is 3.08. The summed E-state index contributed by atoms with van der Waals surface area (Å²) in [5.74, 6) is 1.07. The maximum atomic E-state index is 10.7. The van der Waals surface area contributed by atoms with Gasteiger partial charge < -0.3 is 14.6 Å². The largest absolute Gasteiger partial charge is 0.493 e. The van der Waals surface area contributed by atoms with Crippen molar-refractivity contribution in [2.24, 2.45) is 11.8 Å². The minimum absolute atomic E-state index is 0.0929. The predicted molar refractivity (Wildman–Crippen MR) is 134 cm³/mol. The number of alkyl halides is 2. The van der Waals surface area contributed by atoms with Gasteiger partial charge in [0, 0.05) is 12.3 Å². The van der Waals surface area contributed by atoms with Gasteiger partial charge in [0.1, 0.15) is 5.75 Å². The van der Waals surface area contributed by atoms with Gasteiger partial charge in [-0.3, -0.25) is 0 Å². The third-order valence-electron chi connectivity index (χ3n) is 6.29. The number of halogens is 2. The molecule has 3 nitrogen and oxygen atoms in total. The van der Waals surface area contributed by atoms with Crippen LogP contribution < -0.4 is 4.74 Å².